The van der Waals surface area contributed by atoms with Gasteiger partial charge in [-0.25, -0.2) is 14.4 Å². The predicted octanol–water partition coefficient (Wildman–Crippen LogP) is 3.56. The van der Waals surface area contributed by atoms with Crippen LogP contribution in [0.2, 0.25) is 5.15 Å². The molecule has 1 aliphatic rings. The van der Waals surface area contributed by atoms with E-state index < -0.39 is 6.04 Å². The second kappa shape index (κ2) is 8.73. The molecule has 1 atom stereocenters. The standard InChI is InChI=1S/C21H17ClFN5O3S2/c1-24-20(30)13-2-3-14(19(22)25-13)31-10-15(29)27-6-4-12-16(28-7-9-33-21(28)26-12)17(27)18-11(23)5-8-32-18/h2-3,5,7-9,17H,4,6,10H2,1H3,(H,24,30). The second-order valence-electron chi connectivity index (χ2n) is 7.23. The predicted molar refractivity (Wildman–Crippen MR) is 123 cm³/mol. The molecule has 0 aromatic carbocycles. The van der Waals surface area contributed by atoms with Crippen molar-refractivity contribution in [3.63, 3.8) is 0 Å². The minimum absolute atomic E-state index is 0.0264. The number of amides is 2. The van der Waals surface area contributed by atoms with Crippen LogP contribution in [0.25, 0.3) is 4.96 Å². The molecule has 12 heteroatoms. The number of carbonyl (C=O) groups excluding carboxylic acids is 2. The third-order valence-corrected chi connectivity index (χ3v) is 7.35. The average molecular weight is 506 g/mol. The molecule has 0 bridgehead atoms. The summed E-state index contributed by atoms with van der Waals surface area (Å²) >= 11 is 8.89. The molecule has 1 N–H and O–H groups in total. The summed E-state index contributed by atoms with van der Waals surface area (Å²) in [7, 11) is 1.49. The molecule has 1 unspecified atom stereocenters. The van der Waals surface area contributed by atoms with Gasteiger partial charge in [0, 0.05) is 31.6 Å². The van der Waals surface area contributed by atoms with Crippen LogP contribution in [0.4, 0.5) is 4.39 Å². The number of hydrogen-bond acceptors (Lipinski definition) is 7. The number of carbonyl (C=O) groups is 2. The number of imidazole rings is 1. The Balaban J connectivity index is 1.42. The monoisotopic (exact) mass is 505 g/mol. The Morgan fingerprint density at radius 1 is 1.27 bits per heavy atom. The summed E-state index contributed by atoms with van der Waals surface area (Å²) in [5.41, 5.74) is 1.79. The van der Waals surface area contributed by atoms with Gasteiger partial charge in [0.15, 0.2) is 22.5 Å². The maximum atomic E-state index is 14.7. The van der Waals surface area contributed by atoms with Gasteiger partial charge in [-0.2, -0.15) is 0 Å². The Hall–Kier alpha value is -3.02. The van der Waals surface area contributed by atoms with E-state index in [4.69, 9.17) is 16.3 Å². The lowest BCUT2D eigenvalue weighted by molar-refractivity contribution is -0.135. The van der Waals surface area contributed by atoms with E-state index >= 15 is 0 Å². The van der Waals surface area contributed by atoms with Crippen molar-refractivity contribution in [1.82, 2.24) is 24.6 Å². The van der Waals surface area contributed by atoms with E-state index in [0.717, 1.165) is 16.3 Å². The summed E-state index contributed by atoms with van der Waals surface area (Å²) in [4.78, 5) is 36.5. The molecule has 1 aliphatic heterocycles. The first-order valence-electron chi connectivity index (χ1n) is 9.96. The van der Waals surface area contributed by atoms with Crippen molar-refractivity contribution in [3.8, 4) is 5.75 Å². The smallest absolute Gasteiger partial charge is 0.269 e. The van der Waals surface area contributed by atoms with Crippen LogP contribution in [-0.2, 0) is 11.2 Å². The van der Waals surface area contributed by atoms with Crippen molar-refractivity contribution in [3.05, 3.63) is 68.1 Å². The van der Waals surface area contributed by atoms with Gasteiger partial charge in [-0.15, -0.1) is 22.7 Å². The molecule has 0 saturated heterocycles. The highest BCUT2D eigenvalue weighted by Crippen LogP contribution is 2.40. The quantitative estimate of drug-likeness (QED) is 0.419. The third kappa shape index (κ3) is 3.85. The van der Waals surface area contributed by atoms with E-state index in [-0.39, 0.29) is 40.8 Å². The van der Waals surface area contributed by atoms with E-state index in [1.165, 1.54) is 47.9 Å². The fraction of sp³-hybridized carbons (Fsp3) is 0.238. The first kappa shape index (κ1) is 21.8. The van der Waals surface area contributed by atoms with Crippen molar-refractivity contribution in [2.45, 2.75) is 12.5 Å². The molecule has 0 saturated carbocycles. The van der Waals surface area contributed by atoms with Crippen LogP contribution in [0.1, 0.15) is 32.8 Å². The number of halogens is 2. The highest BCUT2D eigenvalue weighted by Gasteiger charge is 2.38. The molecule has 8 nitrogen and oxygen atoms in total. The Morgan fingerprint density at radius 3 is 2.85 bits per heavy atom. The topological polar surface area (TPSA) is 88.8 Å². The zero-order valence-corrected chi connectivity index (χ0v) is 19.6. The molecule has 5 heterocycles. The van der Waals surface area contributed by atoms with Crippen LogP contribution in [0.15, 0.2) is 35.2 Å². The first-order chi connectivity index (χ1) is 16.0. The van der Waals surface area contributed by atoms with Gasteiger partial charge in [0.2, 0.25) is 0 Å². The van der Waals surface area contributed by atoms with Crippen LogP contribution in [0.5, 0.6) is 5.75 Å². The number of rotatable bonds is 5. The van der Waals surface area contributed by atoms with Crippen LogP contribution in [-0.4, -0.2) is 51.3 Å². The van der Waals surface area contributed by atoms with Crippen molar-refractivity contribution in [1.29, 1.82) is 0 Å². The molecule has 170 valence electrons. The lowest BCUT2D eigenvalue weighted by Gasteiger charge is -2.35. The summed E-state index contributed by atoms with van der Waals surface area (Å²) in [6.45, 7) is 0.0642. The zero-order valence-electron chi connectivity index (χ0n) is 17.2. The number of thiophene rings is 1. The molecule has 5 rings (SSSR count). The minimum Gasteiger partial charge on any atom is -0.481 e. The van der Waals surface area contributed by atoms with Crippen LogP contribution < -0.4 is 10.1 Å². The fourth-order valence-corrected chi connectivity index (χ4v) is 5.70. The lowest BCUT2D eigenvalue weighted by atomic mass is 10.0. The largest absolute Gasteiger partial charge is 0.481 e. The lowest BCUT2D eigenvalue weighted by Crippen LogP contribution is -2.43. The number of hydrogen-bond donors (Lipinski definition) is 1. The number of nitrogens with zero attached hydrogens (tertiary/aromatic N) is 4. The Labute approximate surface area is 200 Å². The Kier molecular flexibility index (Phi) is 5.77. The van der Waals surface area contributed by atoms with E-state index in [9.17, 15) is 14.0 Å². The number of ether oxygens (including phenoxy) is 1. The SMILES string of the molecule is CNC(=O)c1ccc(OCC(=O)N2CCc3nc4sccn4c3C2c2sccc2F)c(Cl)n1. The number of aromatic nitrogens is 3. The van der Waals surface area contributed by atoms with Crippen LogP contribution in [0.3, 0.4) is 0 Å². The highest BCUT2D eigenvalue weighted by atomic mass is 35.5. The molecule has 0 fully saturated rings. The van der Waals surface area contributed by atoms with Gasteiger partial charge in [0.1, 0.15) is 17.6 Å². The molecule has 33 heavy (non-hydrogen) atoms. The molecule has 4 aromatic heterocycles. The number of thiazole rings is 1. The summed E-state index contributed by atoms with van der Waals surface area (Å²) in [5.74, 6) is -0.891. The Morgan fingerprint density at radius 2 is 2.12 bits per heavy atom. The second-order valence-corrected chi connectivity index (χ2v) is 9.40. The average Bonchev–Trinajstić information content (AvgIpc) is 3.52. The molecular formula is C21H17ClFN5O3S2. The molecule has 0 aliphatic carbocycles. The fourth-order valence-electron chi connectivity index (χ4n) is 3.87. The van der Waals surface area contributed by atoms with Crippen LogP contribution in [0, 0.1) is 5.82 Å². The molecule has 2 amide bonds. The van der Waals surface area contributed by atoms with Gasteiger partial charge in [-0.05, 0) is 23.6 Å². The summed E-state index contributed by atoms with van der Waals surface area (Å²) in [6, 6.07) is 3.74. The first-order valence-corrected chi connectivity index (χ1v) is 12.1. The van der Waals surface area contributed by atoms with Gasteiger partial charge >= 0.3 is 0 Å². The van der Waals surface area contributed by atoms with Gasteiger partial charge < -0.3 is 15.0 Å². The van der Waals surface area contributed by atoms with Gasteiger partial charge in [0.25, 0.3) is 11.8 Å². The molecule has 0 spiro atoms. The van der Waals surface area contributed by atoms with Gasteiger partial charge in [-0.1, -0.05) is 11.6 Å². The van der Waals surface area contributed by atoms with Crippen molar-refractivity contribution in [2.75, 3.05) is 20.2 Å². The molecule has 0 radical (unpaired) electrons. The third-order valence-electron chi connectivity index (χ3n) is 5.37. The van der Waals surface area contributed by atoms with Crippen molar-refractivity contribution >= 4 is 51.0 Å². The number of fused-ring (bicyclic) bond motifs is 3. The molecule has 4 aromatic rings. The Bertz CT molecular complexity index is 1370. The molecular weight excluding hydrogens is 489 g/mol. The van der Waals surface area contributed by atoms with E-state index in [0.29, 0.717) is 17.8 Å². The van der Waals surface area contributed by atoms with E-state index in [1.807, 2.05) is 16.0 Å². The number of nitrogens with one attached hydrogen (secondary N) is 1. The summed E-state index contributed by atoms with van der Waals surface area (Å²) in [6.07, 6.45) is 2.44. The van der Waals surface area contributed by atoms with Crippen LogP contribution >= 0.6 is 34.3 Å². The summed E-state index contributed by atoms with van der Waals surface area (Å²) < 4.78 is 22.2. The van der Waals surface area contributed by atoms with E-state index in [2.05, 4.69) is 15.3 Å². The maximum Gasteiger partial charge on any atom is 0.269 e. The number of pyridine rings is 1. The minimum atomic E-state index is -0.612. The summed E-state index contributed by atoms with van der Waals surface area (Å²) in [5, 5.41) is 6.01. The maximum absolute atomic E-state index is 14.7. The van der Waals surface area contributed by atoms with Gasteiger partial charge in [0.05, 0.1) is 16.3 Å². The van der Waals surface area contributed by atoms with E-state index in [1.54, 1.807) is 10.3 Å². The van der Waals surface area contributed by atoms with Crippen molar-refractivity contribution < 1.29 is 18.7 Å². The van der Waals surface area contributed by atoms with Gasteiger partial charge in [-0.3, -0.25) is 14.0 Å². The highest BCUT2D eigenvalue weighted by molar-refractivity contribution is 7.15. The zero-order chi connectivity index (χ0) is 23.1. The normalized spacial score (nSPS) is 15.5. The van der Waals surface area contributed by atoms with Crippen molar-refractivity contribution in [2.24, 2.45) is 0 Å².